The second-order valence-corrected chi connectivity index (χ2v) is 5.86. The zero-order valence-electron chi connectivity index (χ0n) is 13.4. The molecule has 0 bridgehead atoms. The van der Waals surface area contributed by atoms with Gasteiger partial charge in [0.25, 0.3) is 5.91 Å². The molecule has 2 aliphatic rings. The van der Waals surface area contributed by atoms with Gasteiger partial charge >= 0.3 is 5.97 Å². The number of rotatable bonds is 3. The number of hydrogen-bond acceptors (Lipinski definition) is 4. The number of hydrogen-bond donors (Lipinski definition) is 2. The molecule has 0 spiro atoms. The first-order valence-corrected chi connectivity index (χ1v) is 7.80. The molecule has 1 atom stereocenters. The average molecular weight is 337 g/mol. The van der Waals surface area contributed by atoms with E-state index in [1.54, 1.807) is 25.3 Å². The van der Waals surface area contributed by atoms with Crippen molar-refractivity contribution in [2.45, 2.75) is 12.5 Å². The predicted octanol–water partition coefficient (Wildman–Crippen LogP) is 3.06. The molecule has 2 heterocycles. The van der Waals surface area contributed by atoms with Crippen molar-refractivity contribution in [3.8, 4) is 5.75 Å². The summed E-state index contributed by atoms with van der Waals surface area (Å²) in [7, 11) is 1.55. The third-order valence-corrected chi connectivity index (χ3v) is 4.37. The summed E-state index contributed by atoms with van der Waals surface area (Å²) in [5.41, 5.74) is 3.32. The van der Waals surface area contributed by atoms with Gasteiger partial charge in [0.15, 0.2) is 0 Å². The van der Waals surface area contributed by atoms with Crippen LogP contribution in [0.4, 0.5) is 5.69 Å². The lowest BCUT2D eigenvalue weighted by Gasteiger charge is -2.10. The first-order chi connectivity index (χ1) is 12.1. The van der Waals surface area contributed by atoms with E-state index in [9.17, 15) is 14.7 Å². The van der Waals surface area contributed by atoms with Crippen LogP contribution in [0.25, 0.3) is 11.3 Å². The zero-order chi connectivity index (χ0) is 17.6. The molecule has 25 heavy (non-hydrogen) atoms. The van der Waals surface area contributed by atoms with Gasteiger partial charge in [0, 0.05) is 22.4 Å². The fourth-order valence-electron chi connectivity index (χ4n) is 3.26. The Balaban J connectivity index is 1.90. The summed E-state index contributed by atoms with van der Waals surface area (Å²) >= 11 is 0. The van der Waals surface area contributed by atoms with Crippen LogP contribution in [0, 0.1) is 0 Å². The highest BCUT2D eigenvalue weighted by Gasteiger charge is 2.37. The number of nitrogens with one attached hydrogen (secondary N) is 1. The molecule has 2 aromatic rings. The summed E-state index contributed by atoms with van der Waals surface area (Å²) in [6.45, 7) is 0. The van der Waals surface area contributed by atoms with E-state index in [1.807, 2.05) is 24.3 Å². The number of carbonyl (C=O) groups excluding carboxylic acids is 1. The smallest absolute Gasteiger partial charge is 0.307 e. The molecule has 1 amide bonds. The third kappa shape index (κ3) is 2.42. The molecule has 2 aromatic carbocycles. The zero-order valence-corrected chi connectivity index (χ0v) is 13.4. The summed E-state index contributed by atoms with van der Waals surface area (Å²) in [5, 5.41) is 12.0. The lowest BCUT2D eigenvalue weighted by molar-refractivity contribution is -0.139. The van der Waals surface area contributed by atoms with Crippen molar-refractivity contribution in [1.29, 1.82) is 0 Å². The van der Waals surface area contributed by atoms with Crippen molar-refractivity contribution >= 4 is 28.9 Å². The van der Waals surface area contributed by atoms with E-state index in [4.69, 9.17) is 9.47 Å². The third-order valence-electron chi connectivity index (χ3n) is 4.37. The summed E-state index contributed by atoms with van der Waals surface area (Å²) < 4.78 is 11.2. The van der Waals surface area contributed by atoms with Gasteiger partial charge in [-0.25, -0.2) is 0 Å². The number of anilines is 1. The van der Waals surface area contributed by atoms with Crippen molar-refractivity contribution < 1.29 is 24.2 Å². The molecule has 0 aliphatic carbocycles. The van der Waals surface area contributed by atoms with E-state index in [0.717, 1.165) is 11.3 Å². The van der Waals surface area contributed by atoms with Crippen molar-refractivity contribution in [3.63, 3.8) is 0 Å². The van der Waals surface area contributed by atoms with Crippen LogP contribution in [-0.4, -0.2) is 24.1 Å². The van der Waals surface area contributed by atoms with Crippen molar-refractivity contribution in [2.75, 3.05) is 12.4 Å². The van der Waals surface area contributed by atoms with Crippen LogP contribution < -0.4 is 10.1 Å². The number of amides is 1. The number of aliphatic carboxylic acids is 1. The molecular weight excluding hydrogens is 322 g/mol. The number of carbonyl (C=O) groups is 2. The Labute approximate surface area is 143 Å². The Morgan fingerprint density at radius 3 is 2.80 bits per heavy atom. The normalized spacial score (nSPS) is 20.5. The number of para-hydroxylation sites is 1. The van der Waals surface area contributed by atoms with Crippen molar-refractivity contribution in [2.24, 2.45) is 0 Å². The topological polar surface area (TPSA) is 84.9 Å². The van der Waals surface area contributed by atoms with Crippen LogP contribution in [0.1, 0.15) is 29.2 Å². The Bertz CT molecular complexity index is 931. The Hall–Kier alpha value is -3.28. The van der Waals surface area contributed by atoms with Crippen LogP contribution in [0.15, 0.2) is 42.5 Å². The summed E-state index contributed by atoms with van der Waals surface area (Å²) in [6, 6.07) is 12.7. The Morgan fingerprint density at radius 2 is 2.04 bits per heavy atom. The summed E-state index contributed by atoms with van der Waals surface area (Å²) in [6.07, 6.45) is -0.856. The second-order valence-electron chi connectivity index (χ2n) is 5.86. The molecule has 6 heteroatoms. The van der Waals surface area contributed by atoms with Gasteiger partial charge in [-0.2, -0.15) is 0 Å². The van der Waals surface area contributed by atoms with Gasteiger partial charge in [0.05, 0.1) is 19.1 Å². The molecule has 2 N–H and O–H groups in total. The van der Waals surface area contributed by atoms with E-state index in [0.29, 0.717) is 28.2 Å². The number of fused-ring (bicyclic) bond motifs is 2. The van der Waals surface area contributed by atoms with Crippen molar-refractivity contribution in [3.05, 3.63) is 59.2 Å². The van der Waals surface area contributed by atoms with E-state index in [-0.39, 0.29) is 12.3 Å². The lowest BCUT2D eigenvalue weighted by atomic mass is 9.98. The monoisotopic (exact) mass is 337 g/mol. The van der Waals surface area contributed by atoms with Crippen LogP contribution >= 0.6 is 0 Å². The molecular formula is C19H15NO5. The molecule has 0 radical (unpaired) electrons. The molecule has 0 saturated carbocycles. The predicted molar refractivity (Wildman–Crippen MR) is 91.0 cm³/mol. The minimum atomic E-state index is -0.971. The molecule has 4 rings (SSSR count). The minimum absolute atomic E-state index is 0.194. The molecule has 0 aromatic heterocycles. The molecule has 0 saturated heterocycles. The number of carboxylic acid groups (broad SMARTS) is 1. The van der Waals surface area contributed by atoms with Gasteiger partial charge < -0.3 is 19.9 Å². The summed E-state index contributed by atoms with van der Waals surface area (Å²) in [4.78, 5) is 23.7. The molecule has 1 unspecified atom stereocenters. The van der Waals surface area contributed by atoms with Crippen molar-refractivity contribution in [1.82, 2.24) is 0 Å². The maximum atomic E-state index is 12.5. The van der Waals surface area contributed by atoms with Crippen LogP contribution in [0.5, 0.6) is 5.75 Å². The first-order valence-electron chi connectivity index (χ1n) is 7.80. The second kappa shape index (κ2) is 5.66. The number of methoxy groups -OCH3 is 1. The quantitative estimate of drug-likeness (QED) is 0.841. The van der Waals surface area contributed by atoms with Crippen LogP contribution in [0.2, 0.25) is 0 Å². The largest absolute Gasteiger partial charge is 0.497 e. The lowest BCUT2D eigenvalue weighted by Crippen LogP contribution is -2.07. The highest BCUT2D eigenvalue weighted by atomic mass is 16.5. The number of carboxylic acids is 1. The van der Waals surface area contributed by atoms with Gasteiger partial charge in [-0.3, -0.25) is 9.59 Å². The first kappa shape index (κ1) is 15.3. The highest BCUT2D eigenvalue weighted by molar-refractivity contribution is 6.36. The van der Waals surface area contributed by atoms with Gasteiger partial charge in [0.2, 0.25) is 0 Å². The fourth-order valence-corrected chi connectivity index (χ4v) is 3.26. The Kier molecular flexibility index (Phi) is 3.46. The van der Waals surface area contributed by atoms with Gasteiger partial charge in [-0.05, 0) is 24.3 Å². The molecule has 6 nitrogen and oxygen atoms in total. The number of ether oxygens (including phenoxy) is 2. The number of benzene rings is 2. The van der Waals surface area contributed by atoms with Crippen LogP contribution in [0.3, 0.4) is 0 Å². The minimum Gasteiger partial charge on any atom is -0.497 e. The highest BCUT2D eigenvalue weighted by Crippen LogP contribution is 2.47. The fraction of sp³-hybridized carbons (Fsp3) is 0.158. The molecule has 0 fully saturated rings. The van der Waals surface area contributed by atoms with Gasteiger partial charge in [-0.15, -0.1) is 0 Å². The SMILES string of the molecule is COc1ccc2c(c1)C(CC(=O)O)OC2=C1C(=O)Nc2ccccc21. The average Bonchev–Trinajstić information content (AvgIpc) is 3.10. The standard InChI is InChI=1S/C19H15NO5/c1-24-10-6-7-11-13(8-10)15(9-16(21)22)25-18(11)17-12-4-2-3-5-14(12)20-19(17)23/h2-8,15H,9H2,1H3,(H,20,23)(H,21,22). The Morgan fingerprint density at radius 1 is 1.24 bits per heavy atom. The summed E-state index contributed by atoms with van der Waals surface area (Å²) in [5.74, 6) is -0.207. The van der Waals surface area contributed by atoms with E-state index < -0.39 is 12.1 Å². The van der Waals surface area contributed by atoms with Crippen LogP contribution in [-0.2, 0) is 14.3 Å². The van der Waals surface area contributed by atoms with Gasteiger partial charge in [0.1, 0.15) is 17.6 Å². The maximum absolute atomic E-state index is 12.5. The van der Waals surface area contributed by atoms with E-state index >= 15 is 0 Å². The van der Waals surface area contributed by atoms with Gasteiger partial charge in [-0.1, -0.05) is 18.2 Å². The molecule has 126 valence electrons. The molecule has 2 aliphatic heterocycles. The van der Waals surface area contributed by atoms with E-state index in [1.165, 1.54) is 0 Å². The maximum Gasteiger partial charge on any atom is 0.307 e. The van der Waals surface area contributed by atoms with E-state index in [2.05, 4.69) is 5.32 Å².